The fraction of sp³-hybridized carbons (Fsp3) is 0.258. The summed E-state index contributed by atoms with van der Waals surface area (Å²) < 4.78 is 29.4. The Morgan fingerprint density at radius 3 is 2.37 bits per heavy atom. The molecule has 0 saturated heterocycles. The lowest BCUT2D eigenvalue weighted by Crippen LogP contribution is -2.46. The van der Waals surface area contributed by atoms with Gasteiger partial charge in [-0.05, 0) is 67.4 Å². The van der Waals surface area contributed by atoms with Crippen LogP contribution in [0.4, 0.5) is 0 Å². The minimum absolute atomic E-state index is 0.0208. The van der Waals surface area contributed by atoms with E-state index in [1.165, 1.54) is 30.0 Å². The number of fused-ring (bicyclic) bond motifs is 1. The van der Waals surface area contributed by atoms with Gasteiger partial charge in [0, 0.05) is 28.2 Å². The summed E-state index contributed by atoms with van der Waals surface area (Å²) in [6.45, 7) is 5.64. The van der Waals surface area contributed by atoms with Gasteiger partial charge in [0.1, 0.15) is 15.7 Å². The predicted octanol–water partition coefficient (Wildman–Crippen LogP) is 5.77. The number of halogens is 1. The summed E-state index contributed by atoms with van der Waals surface area (Å²) in [7, 11) is -4.23. The standard InChI is InChI=1S/C31H33ClN2O5S2/c1-31(2,3)33-30(37)24-12-7-6-11-22(24)18-27(36)25(34-41(38,39)28-14-8-13-26(35)29(28)32)19-40-23-16-15-20-9-4-5-10-21(20)17-23/h4-17,25,27,34-36H,18-19H2,1-3H3,(H,33,37)/t25-,27+/m0/s1. The monoisotopic (exact) mass is 612 g/mol. The first-order valence-corrected chi connectivity index (χ1v) is 15.9. The normalized spacial score (nSPS) is 13.6. The highest BCUT2D eigenvalue weighted by molar-refractivity contribution is 7.99. The molecule has 0 radical (unpaired) electrons. The van der Waals surface area contributed by atoms with Crippen molar-refractivity contribution in [2.24, 2.45) is 0 Å². The number of aliphatic hydroxyl groups is 1. The smallest absolute Gasteiger partial charge is 0.251 e. The van der Waals surface area contributed by atoms with Crippen LogP contribution in [-0.4, -0.2) is 48.0 Å². The second kappa shape index (κ2) is 12.8. The molecule has 4 aromatic carbocycles. The van der Waals surface area contributed by atoms with Gasteiger partial charge < -0.3 is 15.5 Å². The van der Waals surface area contributed by atoms with Gasteiger partial charge in [-0.1, -0.05) is 66.2 Å². The number of aliphatic hydroxyl groups excluding tert-OH is 1. The molecule has 4 rings (SSSR count). The lowest BCUT2D eigenvalue weighted by molar-refractivity contribution is 0.0916. The number of thioether (sulfide) groups is 1. The summed E-state index contributed by atoms with van der Waals surface area (Å²) in [4.78, 5) is 13.6. The van der Waals surface area contributed by atoms with Gasteiger partial charge >= 0.3 is 0 Å². The Morgan fingerprint density at radius 2 is 1.63 bits per heavy atom. The van der Waals surface area contributed by atoms with Gasteiger partial charge in [0.25, 0.3) is 5.91 Å². The van der Waals surface area contributed by atoms with Crippen LogP contribution in [-0.2, 0) is 16.4 Å². The van der Waals surface area contributed by atoms with Crippen molar-refractivity contribution in [2.45, 2.75) is 54.7 Å². The van der Waals surface area contributed by atoms with Crippen molar-refractivity contribution in [1.29, 1.82) is 0 Å². The summed E-state index contributed by atoms with van der Waals surface area (Å²) in [6.07, 6.45) is -1.18. The molecule has 0 spiro atoms. The van der Waals surface area contributed by atoms with E-state index in [-0.39, 0.29) is 33.7 Å². The zero-order valence-corrected chi connectivity index (χ0v) is 25.4. The first kappa shape index (κ1) is 30.9. The van der Waals surface area contributed by atoms with E-state index in [0.29, 0.717) is 11.1 Å². The van der Waals surface area contributed by atoms with Crippen molar-refractivity contribution in [1.82, 2.24) is 10.0 Å². The van der Waals surface area contributed by atoms with Crippen molar-refractivity contribution >= 4 is 50.1 Å². The van der Waals surface area contributed by atoms with Gasteiger partial charge in [0.15, 0.2) is 0 Å². The van der Waals surface area contributed by atoms with E-state index in [4.69, 9.17) is 11.6 Å². The minimum Gasteiger partial charge on any atom is -0.506 e. The largest absolute Gasteiger partial charge is 0.506 e. The average molecular weight is 613 g/mol. The molecule has 1 amide bonds. The number of amides is 1. The molecule has 0 aliphatic rings. The molecule has 0 bridgehead atoms. The summed E-state index contributed by atoms with van der Waals surface area (Å²) in [5.74, 6) is -0.462. The molecule has 4 aromatic rings. The average Bonchev–Trinajstić information content (AvgIpc) is 2.91. The quantitative estimate of drug-likeness (QED) is 0.169. The van der Waals surface area contributed by atoms with Crippen molar-refractivity contribution < 1.29 is 23.4 Å². The third kappa shape index (κ3) is 8.02. The van der Waals surface area contributed by atoms with E-state index in [2.05, 4.69) is 10.0 Å². The van der Waals surface area contributed by atoms with Gasteiger partial charge in [0.2, 0.25) is 10.0 Å². The van der Waals surface area contributed by atoms with Crippen LogP contribution in [0, 0.1) is 0 Å². The van der Waals surface area contributed by atoms with Crippen molar-refractivity contribution in [2.75, 3.05) is 5.75 Å². The first-order chi connectivity index (χ1) is 19.3. The number of sulfonamides is 1. The molecular formula is C31H33ClN2O5S2. The number of carbonyl (C=O) groups is 1. The Labute approximate surface area is 250 Å². The SMILES string of the molecule is CC(C)(C)NC(=O)c1ccccc1C[C@@H](O)[C@H](CSc1ccc2ccccc2c1)NS(=O)(=O)c1cccc(O)c1Cl. The van der Waals surface area contributed by atoms with E-state index in [1.807, 2.05) is 63.2 Å². The van der Waals surface area contributed by atoms with Crippen molar-refractivity contribution in [3.05, 3.63) is 101 Å². The Bertz CT molecular complexity index is 1650. The van der Waals surface area contributed by atoms with Gasteiger partial charge in [-0.15, -0.1) is 11.8 Å². The van der Waals surface area contributed by atoms with Crippen LogP contribution >= 0.6 is 23.4 Å². The van der Waals surface area contributed by atoms with Crippen LogP contribution in [0.2, 0.25) is 5.02 Å². The molecule has 0 aliphatic heterocycles. The summed E-state index contributed by atoms with van der Waals surface area (Å²) in [5, 5.41) is 26.2. The van der Waals surface area contributed by atoms with Gasteiger partial charge in [-0.2, -0.15) is 0 Å². The number of hydrogen-bond acceptors (Lipinski definition) is 6. The number of phenols is 1. The molecule has 41 heavy (non-hydrogen) atoms. The summed E-state index contributed by atoms with van der Waals surface area (Å²) in [6, 6.07) is 23.8. The maximum absolute atomic E-state index is 13.4. The number of carbonyl (C=O) groups excluding carboxylic acids is 1. The Hall–Kier alpha value is -3.08. The second-order valence-corrected chi connectivity index (χ2v) is 13.9. The molecule has 0 unspecified atom stereocenters. The summed E-state index contributed by atoms with van der Waals surface area (Å²) in [5.41, 5.74) is 0.524. The number of benzene rings is 4. The number of hydrogen-bond donors (Lipinski definition) is 4. The molecule has 0 saturated carbocycles. The van der Waals surface area contributed by atoms with Gasteiger partial charge in [0.05, 0.1) is 12.1 Å². The number of phenolic OH excluding ortho intramolecular Hbond substituents is 1. The fourth-order valence-electron chi connectivity index (χ4n) is 4.33. The maximum Gasteiger partial charge on any atom is 0.251 e. The lowest BCUT2D eigenvalue weighted by atomic mass is 9.97. The van der Waals surface area contributed by atoms with Crippen LogP contribution in [0.3, 0.4) is 0 Å². The molecule has 4 N–H and O–H groups in total. The Balaban J connectivity index is 1.62. The number of nitrogens with one attached hydrogen (secondary N) is 2. The Morgan fingerprint density at radius 1 is 0.951 bits per heavy atom. The lowest BCUT2D eigenvalue weighted by Gasteiger charge is -2.26. The molecule has 0 aliphatic carbocycles. The predicted molar refractivity (Wildman–Crippen MR) is 165 cm³/mol. The van der Waals surface area contributed by atoms with Crippen molar-refractivity contribution in [3.8, 4) is 5.75 Å². The third-order valence-electron chi connectivity index (χ3n) is 6.33. The molecule has 216 valence electrons. The maximum atomic E-state index is 13.4. The highest BCUT2D eigenvalue weighted by Crippen LogP contribution is 2.31. The van der Waals surface area contributed by atoms with Crippen LogP contribution in [0.5, 0.6) is 5.75 Å². The second-order valence-electron chi connectivity index (χ2n) is 10.8. The van der Waals surface area contributed by atoms with Gasteiger partial charge in [-0.3, -0.25) is 4.79 Å². The summed E-state index contributed by atoms with van der Waals surface area (Å²) >= 11 is 7.52. The van der Waals surface area contributed by atoms with E-state index in [0.717, 1.165) is 15.7 Å². The fourth-order valence-corrected chi connectivity index (χ4v) is 7.28. The first-order valence-electron chi connectivity index (χ1n) is 13.0. The molecule has 10 heteroatoms. The third-order valence-corrected chi connectivity index (χ3v) is 9.49. The molecule has 0 aromatic heterocycles. The highest BCUT2D eigenvalue weighted by Gasteiger charge is 2.29. The number of rotatable bonds is 10. The number of aromatic hydroxyl groups is 1. The van der Waals surface area contributed by atoms with E-state index in [1.54, 1.807) is 24.3 Å². The molecule has 2 atom stereocenters. The molecule has 0 fully saturated rings. The zero-order chi connectivity index (χ0) is 29.8. The van der Waals surface area contributed by atoms with Crippen LogP contribution in [0.25, 0.3) is 10.8 Å². The molecule has 7 nitrogen and oxygen atoms in total. The van der Waals surface area contributed by atoms with Crippen LogP contribution in [0.15, 0.2) is 94.7 Å². The Kier molecular flexibility index (Phi) is 9.66. The van der Waals surface area contributed by atoms with Gasteiger partial charge in [-0.25, -0.2) is 13.1 Å². The van der Waals surface area contributed by atoms with Crippen LogP contribution in [0.1, 0.15) is 36.7 Å². The zero-order valence-electron chi connectivity index (χ0n) is 23.0. The van der Waals surface area contributed by atoms with E-state index >= 15 is 0 Å². The van der Waals surface area contributed by atoms with Crippen LogP contribution < -0.4 is 10.0 Å². The van der Waals surface area contributed by atoms with E-state index < -0.39 is 27.7 Å². The highest BCUT2D eigenvalue weighted by atomic mass is 35.5. The topological polar surface area (TPSA) is 116 Å². The van der Waals surface area contributed by atoms with E-state index in [9.17, 15) is 23.4 Å². The minimum atomic E-state index is -4.23. The van der Waals surface area contributed by atoms with Crippen molar-refractivity contribution in [3.63, 3.8) is 0 Å². The molecule has 0 heterocycles. The molecular weight excluding hydrogens is 580 g/mol.